The van der Waals surface area contributed by atoms with E-state index in [0.717, 1.165) is 18.5 Å². The van der Waals surface area contributed by atoms with Gasteiger partial charge in [0.05, 0.1) is 30.2 Å². The van der Waals surface area contributed by atoms with Crippen molar-refractivity contribution in [2.45, 2.75) is 73.4 Å². The summed E-state index contributed by atoms with van der Waals surface area (Å²) in [5.74, 6) is 5.44. The number of hydrogen-bond donors (Lipinski definition) is 0. The van der Waals surface area contributed by atoms with Gasteiger partial charge in [0.1, 0.15) is 5.69 Å². The Bertz CT molecular complexity index is 962. The van der Waals surface area contributed by atoms with Gasteiger partial charge in [-0.15, -0.1) is 0 Å². The van der Waals surface area contributed by atoms with Gasteiger partial charge >= 0.3 is 11.9 Å². The van der Waals surface area contributed by atoms with Crippen LogP contribution in [-0.4, -0.2) is 44.7 Å². The van der Waals surface area contributed by atoms with Crippen LogP contribution >= 0.6 is 0 Å². The summed E-state index contributed by atoms with van der Waals surface area (Å²) in [5, 5.41) is 8.79. The van der Waals surface area contributed by atoms with Gasteiger partial charge in [0, 0.05) is 19.5 Å². The molecule has 0 radical (unpaired) electrons. The molecule has 0 fully saturated rings. The number of carbonyl (C=O) groups excluding carboxylic acids is 2. The topological polar surface area (TPSA) is 88.2 Å². The van der Waals surface area contributed by atoms with E-state index in [0.29, 0.717) is 61.8 Å². The molecule has 0 spiro atoms. The zero-order valence-corrected chi connectivity index (χ0v) is 19.2. The van der Waals surface area contributed by atoms with Gasteiger partial charge in [-0.2, -0.15) is 10.2 Å². The van der Waals surface area contributed by atoms with E-state index in [9.17, 15) is 9.59 Å². The van der Waals surface area contributed by atoms with Crippen LogP contribution in [0.25, 0.3) is 0 Å². The third kappa shape index (κ3) is 6.45. The van der Waals surface area contributed by atoms with E-state index < -0.39 is 5.97 Å². The lowest BCUT2D eigenvalue weighted by molar-refractivity contribution is 0.0482. The van der Waals surface area contributed by atoms with Crippen molar-refractivity contribution in [1.82, 2.24) is 19.6 Å². The van der Waals surface area contributed by atoms with E-state index in [1.807, 2.05) is 27.7 Å². The average molecular weight is 429 g/mol. The summed E-state index contributed by atoms with van der Waals surface area (Å²) in [7, 11) is 0. The van der Waals surface area contributed by atoms with E-state index >= 15 is 0 Å². The molecule has 2 rings (SSSR count). The quantitative estimate of drug-likeness (QED) is 0.326. The van der Waals surface area contributed by atoms with Crippen LogP contribution in [0.1, 0.15) is 84.4 Å². The molecule has 0 bridgehead atoms. The molecule has 8 nitrogen and oxygen atoms in total. The molecule has 0 aliphatic heterocycles. The van der Waals surface area contributed by atoms with E-state index in [2.05, 4.69) is 22.0 Å². The molecule has 31 heavy (non-hydrogen) atoms. The monoisotopic (exact) mass is 428 g/mol. The van der Waals surface area contributed by atoms with Crippen molar-refractivity contribution >= 4 is 11.9 Å². The fourth-order valence-electron chi connectivity index (χ4n) is 3.10. The number of hydrogen-bond acceptors (Lipinski definition) is 6. The summed E-state index contributed by atoms with van der Waals surface area (Å²) < 4.78 is 13.8. The summed E-state index contributed by atoms with van der Waals surface area (Å²) >= 11 is 0. The molecule has 0 atom stereocenters. The van der Waals surface area contributed by atoms with Gasteiger partial charge in [0.25, 0.3) is 0 Å². The summed E-state index contributed by atoms with van der Waals surface area (Å²) in [6, 6.07) is 1.74. The minimum Gasteiger partial charge on any atom is -0.461 e. The van der Waals surface area contributed by atoms with Crippen LogP contribution in [0.5, 0.6) is 0 Å². The van der Waals surface area contributed by atoms with Crippen LogP contribution in [0.4, 0.5) is 0 Å². The Morgan fingerprint density at radius 2 is 1.81 bits per heavy atom. The Morgan fingerprint density at radius 1 is 1.03 bits per heavy atom. The first kappa shape index (κ1) is 24.2. The maximum atomic E-state index is 12.3. The Labute approximate surface area is 183 Å². The number of carbonyl (C=O) groups is 2. The van der Waals surface area contributed by atoms with Crippen molar-refractivity contribution in [2.24, 2.45) is 0 Å². The van der Waals surface area contributed by atoms with Crippen LogP contribution in [-0.2, 0) is 22.6 Å². The lowest BCUT2D eigenvalue weighted by Gasteiger charge is -2.06. The number of rotatable bonds is 10. The van der Waals surface area contributed by atoms with Crippen LogP contribution < -0.4 is 0 Å². The predicted octanol–water partition coefficient (Wildman–Crippen LogP) is 3.68. The van der Waals surface area contributed by atoms with Gasteiger partial charge in [-0.25, -0.2) is 9.59 Å². The minimum atomic E-state index is -0.410. The predicted molar refractivity (Wildman–Crippen MR) is 117 cm³/mol. The van der Waals surface area contributed by atoms with Gasteiger partial charge in [0.15, 0.2) is 5.69 Å². The molecule has 0 aliphatic carbocycles. The molecule has 0 amide bonds. The van der Waals surface area contributed by atoms with Gasteiger partial charge in [-0.05, 0) is 46.6 Å². The molecule has 2 aromatic rings. The summed E-state index contributed by atoms with van der Waals surface area (Å²) in [5.41, 5.74) is 2.95. The summed E-state index contributed by atoms with van der Waals surface area (Å²) in [4.78, 5) is 24.6. The van der Waals surface area contributed by atoms with Crippen molar-refractivity contribution in [1.29, 1.82) is 0 Å². The Kier molecular flexibility index (Phi) is 9.32. The van der Waals surface area contributed by atoms with Crippen LogP contribution in [0.15, 0.2) is 6.07 Å². The smallest absolute Gasteiger partial charge is 0.357 e. The van der Waals surface area contributed by atoms with Gasteiger partial charge in [0.2, 0.25) is 0 Å². The maximum absolute atomic E-state index is 12.3. The molecule has 0 aliphatic rings. The molecular formula is C23H32N4O4. The molecule has 2 heterocycles. The third-order valence-electron chi connectivity index (χ3n) is 4.62. The van der Waals surface area contributed by atoms with Crippen molar-refractivity contribution in [3.05, 3.63) is 34.4 Å². The average Bonchev–Trinajstić information content (AvgIpc) is 3.27. The number of unbranched alkanes of at least 4 members (excludes halogenated alkanes) is 2. The first-order valence-corrected chi connectivity index (χ1v) is 10.9. The number of aryl methyl sites for hydroxylation is 4. The number of ether oxygens (including phenoxy) is 2. The summed E-state index contributed by atoms with van der Waals surface area (Å²) in [6.45, 7) is 11.3. The normalized spacial score (nSPS) is 10.5. The van der Waals surface area contributed by atoms with Crippen LogP contribution in [0, 0.1) is 25.7 Å². The van der Waals surface area contributed by atoms with E-state index in [4.69, 9.17) is 9.47 Å². The Morgan fingerprint density at radius 3 is 2.48 bits per heavy atom. The zero-order valence-electron chi connectivity index (χ0n) is 19.2. The van der Waals surface area contributed by atoms with Crippen molar-refractivity contribution in [3.8, 4) is 11.8 Å². The highest BCUT2D eigenvalue weighted by Gasteiger charge is 2.21. The van der Waals surface area contributed by atoms with Crippen LogP contribution in [0.3, 0.4) is 0 Å². The number of aromatic nitrogens is 4. The first-order valence-electron chi connectivity index (χ1n) is 10.9. The lowest BCUT2D eigenvalue weighted by Crippen LogP contribution is -2.14. The van der Waals surface area contributed by atoms with Crippen molar-refractivity contribution in [3.63, 3.8) is 0 Å². The van der Waals surface area contributed by atoms with Gasteiger partial charge in [-0.1, -0.05) is 25.2 Å². The summed E-state index contributed by atoms with van der Waals surface area (Å²) in [6.07, 6.45) is 3.11. The lowest BCUT2D eigenvalue weighted by atomic mass is 10.1. The molecule has 168 valence electrons. The molecule has 2 aromatic heterocycles. The minimum absolute atomic E-state index is 0.298. The highest BCUT2D eigenvalue weighted by atomic mass is 16.5. The molecule has 0 saturated carbocycles. The highest BCUT2D eigenvalue weighted by Crippen LogP contribution is 2.15. The second-order valence-corrected chi connectivity index (χ2v) is 7.13. The second kappa shape index (κ2) is 11.9. The van der Waals surface area contributed by atoms with Crippen molar-refractivity contribution < 1.29 is 19.1 Å². The molecule has 8 heteroatoms. The molecule has 0 N–H and O–H groups in total. The third-order valence-corrected chi connectivity index (χ3v) is 4.62. The SMILES string of the molecule is CCCCOC(=O)c1cc(C)nn1CCCC#Cc1c(C)nn(CC)c1C(=O)OCC. The highest BCUT2D eigenvalue weighted by molar-refractivity contribution is 5.91. The molecule has 0 saturated heterocycles. The van der Waals surface area contributed by atoms with Gasteiger partial charge in [-0.3, -0.25) is 9.36 Å². The van der Waals surface area contributed by atoms with Crippen LogP contribution in [0.2, 0.25) is 0 Å². The standard InChI is InChI=1S/C23H32N4O4/c1-6-9-15-31-22(28)20-16-17(4)24-27(20)14-12-10-11-13-19-18(5)25-26(7-2)21(19)23(29)30-8-3/h16H,6-10,12,14-15H2,1-5H3. The Hall–Kier alpha value is -3.08. The van der Waals surface area contributed by atoms with E-state index in [1.54, 1.807) is 22.4 Å². The maximum Gasteiger partial charge on any atom is 0.357 e. The fraction of sp³-hybridized carbons (Fsp3) is 0.565. The van der Waals surface area contributed by atoms with Gasteiger partial charge < -0.3 is 9.47 Å². The van der Waals surface area contributed by atoms with Crippen molar-refractivity contribution in [2.75, 3.05) is 13.2 Å². The Balaban J connectivity index is 2.04. The first-order chi connectivity index (χ1) is 14.9. The molecule has 0 aromatic carbocycles. The van der Waals surface area contributed by atoms with E-state index in [-0.39, 0.29) is 5.97 Å². The molecule has 0 unspecified atom stereocenters. The number of esters is 2. The fourth-order valence-corrected chi connectivity index (χ4v) is 3.10. The second-order valence-electron chi connectivity index (χ2n) is 7.13. The van der Waals surface area contributed by atoms with E-state index in [1.165, 1.54) is 0 Å². The zero-order chi connectivity index (χ0) is 22.8. The molecular weight excluding hydrogens is 396 g/mol. The number of nitrogens with zero attached hydrogens (tertiary/aromatic N) is 4. The largest absolute Gasteiger partial charge is 0.461 e.